The van der Waals surface area contributed by atoms with Crippen molar-refractivity contribution in [3.63, 3.8) is 0 Å². The van der Waals surface area contributed by atoms with Gasteiger partial charge in [-0.05, 0) is 69.1 Å². The molecule has 2 rings (SSSR count). The predicted octanol–water partition coefficient (Wildman–Crippen LogP) is 3.61. The van der Waals surface area contributed by atoms with Crippen molar-refractivity contribution >= 4 is 0 Å². The fraction of sp³-hybridized carbons (Fsp3) is 1.00. The maximum atomic E-state index is 10.5. The fourth-order valence-electron chi connectivity index (χ4n) is 4.45. The van der Waals surface area contributed by atoms with Gasteiger partial charge in [0.05, 0.1) is 5.60 Å². The van der Waals surface area contributed by atoms with Crippen molar-refractivity contribution in [3.05, 3.63) is 0 Å². The van der Waals surface area contributed by atoms with E-state index in [2.05, 4.69) is 13.8 Å². The highest BCUT2D eigenvalue weighted by molar-refractivity contribution is 5.02. The summed E-state index contributed by atoms with van der Waals surface area (Å²) in [4.78, 5) is 0. The van der Waals surface area contributed by atoms with Gasteiger partial charge in [-0.2, -0.15) is 0 Å². The van der Waals surface area contributed by atoms with Crippen molar-refractivity contribution in [2.75, 3.05) is 0 Å². The van der Waals surface area contributed by atoms with Gasteiger partial charge < -0.3 is 5.11 Å². The summed E-state index contributed by atoms with van der Waals surface area (Å²) in [7, 11) is 0. The summed E-state index contributed by atoms with van der Waals surface area (Å²) >= 11 is 0. The van der Waals surface area contributed by atoms with E-state index in [1.165, 1.54) is 32.1 Å². The van der Waals surface area contributed by atoms with Gasteiger partial charge in [0.25, 0.3) is 0 Å². The van der Waals surface area contributed by atoms with Gasteiger partial charge in [0.2, 0.25) is 0 Å². The molecule has 0 radical (unpaired) electrons. The molecule has 0 spiro atoms. The maximum Gasteiger partial charge on any atom is 0.0648 e. The Morgan fingerprint density at radius 1 is 1.00 bits per heavy atom. The zero-order valence-corrected chi connectivity index (χ0v) is 10.7. The molecule has 2 bridgehead atoms. The van der Waals surface area contributed by atoms with Gasteiger partial charge >= 0.3 is 0 Å². The summed E-state index contributed by atoms with van der Waals surface area (Å²) in [5.41, 5.74) is -0.276. The molecule has 0 saturated heterocycles. The van der Waals surface area contributed by atoms with Gasteiger partial charge in [0, 0.05) is 0 Å². The molecule has 2 saturated carbocycles. The second-order valence-corrected chi connectivity index (χ2v) is 7.00. The van der Waals surface area contributed by atoms with Gasteiger partial charge in [-0.3, -0.25) is 0 Å². The smallest absolute Gasteiger partial charge is 0.0648 e. The third kappa shape index (κ3) is 1.95. The lowest BCUT2D eigenvalue weighted by molar-refractivity contribution is -0.130. The Kier molecular flexibility index (Phi) is 2.65. The zero-order chi connectivity index (χ0) is 11.3. The second-order valence-electron chi connectivity index (χ2n) is 7.00. The second kappa shape index (κ2) is 3.48. The number of hydrogen-bond acceptors (Lipinski definition) is 1. The summed E-state index contributed by atoms with van der Waals surface area (Å²) in [5, 5.41) is 10.5. The van der Waals surface area contributed by atoms with Crippen LogP contribution in [0.15, 0.2) is 0 Å². The topological polar surface area (TPSA) is 20.2 Å². The molecule has 2 fully saturated rings. The first-order valence-electron chi connectivity index (χ1n) is 6.55. The predicted molar refractivity (Wildman–Crippen MR) is 63.6 cm³/mol. The molecule has 2 aliphatic carbocycles. The van der Waals surface area contributed by atoms with Crippen LogP contribution in [-0.4, -0.2) is 10.7 Å². The zero-order valence-electron chi connectivity index (χ0n) is 10.7. The molecule has 0 aromatic carbocycles. The first-order valence-corrected chi connectivity index (χ1v) is 6.55. The lowest BCUT2D eigenvalue weighted by atomic mass is 9.52. The average Bonchev–Trinajstić information content (AvgIpc) is 1.97. The first kappa shape index (κ1) is 11.4. The van der Waals surface area contributed by atoms with Crippen molar-refractivity contribution in [3.8, 4) is 0 Å². The minimum Gasteiger partial charge on any atom is -0.390 e. The molecule has 1 nitrogen and oxygen atoms in total. The number of fused-ring (bicyclic) bond motifs is 2. The number of hydrogen-bond donors (Lipinski definition) is 1. The standard InChI is InChI=1S/C14H26O/c1-10-5-12-6-11(2)8-14(7-10,9-12)13(3,4)15/h10-12,15H,5-9H2,1-4H3. The van der Waals surface area contributed by atoms with Gasteiger partial charge in [0.15, 0.2) is 0 Å². The van der Waals surface area contributed by atoms with Gasteiger partial charge in [-0.15, -0.1) is 0 Å². The lowest BCUT2D eigenvalue weighted by Crippen LogP contribution is -2.51. The highest BCUT2D eigenvalue weighted by atomic mass is 16.3. The van der Waals surface area contributed by atoms with Crippen LogP contribution in [0.1, 0.15) is 59.8 Å². The van der Waals surface area contributed by atoms with Crippen LogP contribution in [0.5, 0.6) is 0 Å². The Bertz CT molecular complexity index is 219. The molecule has 2 atom stereocenters. The van der Waals surface area contributed by atoms with Gasteiger partial charge in [-0.25, -0.2) is 0 Å². The largest absolute Gasteiger partial charge is 0.390 e. The summed E-state index contributed by atoms with van der Waals surface area (Å²) in [6, 6.07) is 0. The van der Waals surface area contributed by atoms with Gasteiger partial charge in [0.1, 0.15) is 0 Å². The normalized spacial score (nSPS) is 46.6. The first-order chi connectivity index (χ1) is 6.82. The molecular formula is C14H26O. The van der Waals surface area contributed by atoms with Crippen molar-refractivity contribution < 1.29 is 5.11 Å². The lowest BCUT2D eigenvalue weighted by Gasteiger charge is -2.55. The van der Waals surface area contributed by atoms with E-state index in [1.54, 1.807) is 0 Å². The molecular weight excluding hydrogens is 184 g/mol. The van der Waals surface area contributed by atoms with Crippen LogP contribution >= 0.6 is 0 Å². The molecule has 15 heavy (non-hydrogen) atoms. The fourth-order valence-corrected chi connectivity index (χ4v) is 4.45. The number of rotatable bonds is 1. The molecule has 2 aliphatic rings. The van der Waals surface area contributed by atoms with E-state index in [9.17, 15) is 5.11 Å². The molecule has 2 unspecified atom stereocenters. The Balaban J connectivity index is 2.27. The molecule has 1 heteroatoms. The summed E-state index contributed by atoms with van der Waals surface area (Å²) < 4.78 is 0. The van der Waals surface area contributed by atoms with E-state index < -0.39 is 5.60 Å². The molecule has 0 heterocycles. The minimum atomic E-state index is -0.491. The van der Waals surface area contributed by atoms with Crippen molar-refractivity contribution in [1.82, 2.24) is 0 Å². The van der Waals surface area contributed by atoms with Crippen LogP contribution in [0.3, 0.4) is 0 Å². The van der Waals surface area contributed by atoms with Crippen LogP contribution in [-0.2, 0) is 0 Å². The summed E-state index contributed by atoms with van der Waals surface area (Å²) in [6.45, 7) is 8.78. The Labute approximate surface area is 94.3 Å². The van der Waals surface area contributed by atoms with E-state index in [-0.39, 0.29) is 5.41 Å². The molecule has 88 valence electrons. The third-order valence-corrected chi connectivity index (χ3v) is 4.93. The van der Waals surface area contributed by atoms with Crippen LogP contribution < -0.4 is 0 Å². The van der Waals surface area contributed by atoms with Crippen LogP contribution in [0.4, 0.5) is 0 Å². The highest BCUT2D eigenvalue weighted by Crippen LogP contribution is 2.57. The molecule has 0 aromatic heterocycles. The van der Waals surface area contributed by atoms with Crippen LogP contribution in [0.2, 0.25) is 0 Å². The van der Waals surface area contributed by atoms with Crippen LogP contribution in [0, 0.1) is 23.2 Å². The Morgan fingerprint density at radius 3 is 1.87 bits per heavy atom. The van der Waals surface area contributed by atoms with Crippen molar-refractivity contribution in [2.45, 2.75) is 65.4 Å². The molecule has 0 amide bonds. The average molecular weight is 210 g/mol. The summed E-state index contributed by atoms with van der Waals surface area (Å²) in [6.07, 6.45) is 6.52. The van der Waals surface area contributed by atoms with Crippen molar-refractivity contribution in [2.24, 2.45) is 23.2 Å². The summed E-state index contributed by atoms with van der Waals surface area (Å²) in [5.74, 6) is 2.49. The van der Waals surface area contributed by atoms with Crippen LogP contribution in [0.25, 0.3) is 0 Å². The van der Waals surface area contributed by atoms with E-state index in [0.29, 0.717) is 0 Å². The Hall–Kier alpha value is -0.0400. The SMILES string of the molecule is CC1CC2CC(C)CC(C(C)(C)O)(C1)C2. The van der Waals surface area contributed by atoms with Gasteiger partial charge in [-0.1, -0.05) is 13.8 Å². The number of aliphatic hydroxyl groups is 1. The quantitative estimate of drug-likeness (QED) is 0.701. The minimum absolute atomic E-state index is 0.215. The van der Waals surface area contributed by atoms with Crippen molar-refractivity contribution in [1.29, 1.82) is 0 Å². The van der Waals surface area contributed by atoms with E-state index in [4.69, 9.17) is 0 Å². The molecule has 0 aliphatic heterocycles. The molecule has 1 N–H and O–H groups in total. The molecule has 0 aromatic rings. The van der Waals surface area contributed by atoms with E-state index in [1.807, 2.05) is 13.8 Å². The van der Waals surface area contributed by atoms with E-state index >= 15 is 0 Å². The maximum absolute atomic E-state index is 10.5. The monoisotopic (exact) mass is 210 g/mol. The highest BCUT2D eigenvalue weighted by Gasteiger charge is 2.51. The van der Waals surface area contributed by atoms with E-state index in [0.717, 1.165) is 17.8 Å². The third-order valence-electron chi connectivity index (χ3n) is 4.93. The Morgan fingerprint density at radius 2 is 1.47 bits per heavy atom.